The smallest absolute Gasteiger partial charge is 0.320 e. The molecule has 0 spiro atoms. The number of hydrogen-bond donors (Lipinski definition) is 4. The molecule has 0 saturated heterocycles. The number of phenols is 2. The van der Waals surface area contributed by atoms with Crippen molar-refractivity contribution in [2.75, 3.05) is 0 Å². The lowest BCUT2D eigenvalue weighted by Crippen LogP contribution is -2.30. The Morgan fingerprint density at radius 1 is 1.40 bits per heavy atom. The predicted molar refractivity (Wildman–Crippen MR) is 53.7 cm³/mol. The number of carboxylic acids is 1. The highest BCUT2D eigenvalue weighted by Crippen LogP contribution is 2.29. The quantitative estimate of drug-likeness (QED) is 0.541. The molecule has 0 unspecified atom stereocenters. The highest BCUT2D eigenvalue weighted by Gasteiger charge is 2.13. The third-order valence-electron chi connectivity index (χ3n) is 2.14. The molecule has 0 fully saturated rings. The van der Waals surface area contributed by atoms with Gasteiger partial charge in [-0.05, 0) is 24.5 Å². The summed E-state index contributed by atoms with van der Waals surface area (Å²) in [6.07, 6.45) is 0.528. The Morgan fingerprint density at radius 3 is 2.67 bits per heavy atom. The second kappa shape index (κ2) is 4.65. The number of nitrogens with two attached hydrogens (primary N) is 1. The Labute approximate surface area is 86.8 Å². The van der Waals surface area contributed by atoms with Gasteiger partial charge < -0.3 is 21.1 Å². The molecule has 0 amide bonds. The molecule has 0 aliphatic carbocycles. The summed E-state index contributed by atoms with van der Waals surface area (Å²) < 4.78 is 0. The summed E-state index contributed by atoms with van der Waals surface area (Å²) in [4.78, 5) is 10.4. The molecule has 5 heteroatoms. The van der Waals surface area contributed by atoms with E-state index in [9.17, 15) is 15.0 Å². The van der Waals surface area contributed by atoms with Gasteiger partial charge in [0.15, 0.2) is 11.5 Å². The van der Waals surface area contributed by atoms with Crippen LogP contribution in [0.2, 0.25) is 0 Å². The van der Waals surface area contributed by atoms with Crippen LogP contribution in [-0.2, 0) is 11.2 Å². The molecular formula is C10H13NO4. The minimum atomic E-state index is -1.07. The molecule has 0 radical (unpaired) electrons. The van der Waals surface area contributed by atoms with E-state index < -0.39 is 12.0 Å². The van der Waals surface area contributed by atoms with Crippen LogP contribution in [-0.4, -0.2) is 27.3 Å². The number of aliphatic carboxylic acids is 1. The highest BCUT2D eigenvalue weighted by molar-refractivity contribution is 5.73. The number of carboxylic acid groups (broad SMARTS) is 1. The standard InChI is InChI=1S/C10H13NO4/c11-7(10(14)15)5-4-6-2-1-3-8(12)9(6)13/h1-3,7,12-13H,4-5,11H2,(H,14,15)/t7-/m1/s1. The van der Waals surface area contributed by atoms with Crippen molar-refractivity contribution in [2.45, 2.75) is 18.9 Å². The van der Waals surface area contributed by atoms with Crippen LogP contribution in [0.15, 0.2) is 18.2 Å². The molecule has 0 bridgehead atoms. The fraction of sp³-hybridized carbons (Fsp3) is 0.300. The molecule has 0 aromatic heterocycles. The molecule has 82 valence electrons. The summed E-state index contributed by atoms with van der Waals surface area (Å²) in [7, 11) is 0. The molecule has 0 saturated carbocycles. The van der Waals surface area contributed by atoms with E-state index in [1.165, 1.54) is 6.07 Å². The molecule has 0 heterocycles. The van der Waals surface area contributed by atoms with Crippen molar-refractivity contribution in [3.8, 4) is 11.5 Å². The van der Waals surface area contributed by atoms with Crippen molar-refractivity contribution in [1.82, 2.24) is 0 Å². The number of aryl methyl sites for hydroxylation is 1. The van der Waals surface area contributed by atoms with Gasteiger partial charge in [0.05, 0.1) is 0 Å². The number of aromatic hydroxyl groups is 2. The summed E-state index contributed by atoms with van der Waals surface area (Å²) >= 11 is 0. The monoisotopic (exact) mass is 211 g/mol. The Balaban J connectivity index is 2.66. The van der Waals surface area contributed by atoms with Crippen molar-refractivity contribution in [3.05, 3.63) is 23.8 Å². The average molecular weight is 211 g/mol. The summed E-state index contributed by atoms with van der Waals surface area (Å²) in [5, 5.41) is 27.1. The van der Waals surface area contributed by atoms with E-state index in [0.717, 1.165) is 0 Å². The van der Waals surface area contributed by atoms with E-state index in [4.69, 9.17) is 10.8 Å². The Hall–Kier alpha value is -1.75. The van der Waals surface area contributed by atoms with Gasteiger partial charge in [-0.25, -0.2) is 0 Å². The normalized spacial score (nSPS) is 12.3. The zero-order valence-electron chi connectivity index (χ0n) is 8.05. The zero-order chi connectivity index (χ0) is 11.4. The van der Waals surface area contributed by atoms with Crippen molar-refractivity contribution >= 4 is 5.97 Å². The number of hydrogen-bond acceptors (Lipinski definition) is 4. The third kappa shape index (κ3) is 2.85. The van der Waals surface area contributed by atoms with Gasteiger partial charge in [-0.2, -0.15) is 0 Å². The maximum absolute atomic E-state index is 10.4. The van der Waals surface area contributed by atoms with Gasteiger partial charge in [0.1, 0.15) is 6.04 Å². The second-order valence-corrected chi connectivity index (χ2v) is 3.27. The van der Waals surface area contributed by atoms with Crippen LogP contribution in [0.5, 0.6) is 11.5 Å². The van der Waals surface area contributed by atoms with Gasteiger partial charge >= 0.3 is 5.97 Å². The summed E-state index contributed by atoms with van der Waals surface area (Å²) in [6.45, 7) is 0. The van der Waals surface area contributed by atoms with Gasteiger partial charge in [-0.15, -0.1) is 0 Å². The molecule has 1 rings (SSSR count). The lowest BCUT2D eigenvalue weighted by atomic mass is 10.0. The van der Waals surface area contributed by atoms with Crippen LogP contribution in [0, 0.1) is 0 Å². The van der Waals surface area contributed by atoms with E-state index in [2.05, 4.69) is 0 Å². The molecule has 0 aliphatic rings. The van der Waals surface area contributed by atoms with E-state index in [1.807, 2.05) is 0 Å². The SMILES string of the molecule is N[C@H](CCc1cccc(O)c1O)C(=O)O. The first-order chi connectivity index (χ1) is 7.02. The Kier molecular flexibility index (Phi) is 3.51. The maximum atomic E-state index is 10.4. The molecular weight excluding hydrogens is 198 g/mol. The number of para-hydroxylation sites is 1. The van der Waals surface area contributed by atoms with Crippen molar-refractivity contribution in [1.29, 1.82) is 0 Å². The third-order valence-corrected chi connectivity index (χ3v) is 2.14. The van der Waals surface area contributed by atoms with Crippen molar-refractivity contribution in [2.24, 2.45) is 5.73 Å². The van der Waals surface area contributed by atoms with Gasteiger partial charge in [-0.3, -0.25) is 4.79 Å². The molecule has 0 aliphatic heterocycles. The first-order valence-electron chi connectivity index (χ1n) is 4.50. The van der Waals surface area contributed by atoms with E-state index in [-0.39, 0.29) is 17.9 Å². The summed E-state index contributed by atoms with van der Waals surface area (Å²) in [5.41, 5.74) is 5.80. The molecule has 15 heavy (non-hydrogen) atoms. The fourth-order valence-electron chi connectivity index (χ4n) is 1.21. The van der Waals surface area contributed by atoms with Crippen molar-refractivity contribution < 1.29 is 20.1 Å². The first kappa shape index (κ1) is 11.3. The molecule has 1 aromatic carbocycles. The average Bonchev–Trinajstić information content (AvgIpc) is 2.19. The minimum absolute atomic E-state index is 0.212. The second-order valence-electron chi connectivity index (χ2n) is 3.27. The summed E-state index contributed by atoms with van der Waals surface area (Å²) in [5.74, 6) is -1.50. The number of phenolic OH excluding ortho intramolecular Hbond substituents is 2. The molecule has 5 N–H and O–H groups in total. The highest BCUT2D eigenvalue weighted by atomic mass is 16.4. The maximum Gasteiger partial charge on any atom is 0.320 e. The fourth-order valence-corrected chi connectivity index (χ4v) is 1.21. The lowest BCUT2D eigenvalue weighted by molar-refractivity contribution is -0.138. The molecule has 1 aromatic rings. The minimum Gasteiger partial charge on any atom is -0.504 e. The van der Waals surface area contributed by atoms with Gasteiger partial charge in [0, 0.05) is 0 Å². The van der Waals surface area contributed by atoms with Crippen LogP contribution in [0.1, 0.15) is 12.0 Å². The number of rotatable bonds is 4. The van der Waals surface area contributed by atoms with Crippen LogP contribution in [0.4, 0.5) is 0 Å². The van der Waals surface area contributed by atoms with Gasteiger partial charge in [0.25, 0.3) is 0 Å². The zero-order valence-corrected chi connectivity index (χ0v) is 8.05. The van der Waals surface area contributed by atoms with E-state index in [1.54, 1.807) is 12.1 Å². The molecule has 5 nitrogen and oxygen atoms in total. The van der Waals surface area contributed by atoms with Crippen molar-refractivity contribution in [3.63, 3.8) is 0 Å². The van der Waals surface area contributed by atoms with Crippen LogP contribution < -0.4 is 5.73 Å². The first-order valence-corrected chi connectivity index (χ1v) is 4.50. The van der Waals surface area contributed by atoms with E-state index >= 15 is 0 Å². The summed E-state index contributed by atoms with van der Waals surface area (Å²) in [6, 6.07) is 3.60. The van der Waals surface area contributed by atoms with Crippen LogP contribution >= 0.6 is 0 Å². The number of carbonyl (C=O) groups is 1. The topological polar surface area (TPSA) is 104 Å². The Morgan fingerprint density at radius 2 is 2.07 bits per heavy atom. The molecule has 1 atom stereocenters. The van der Waals surface area contributed by atoms with E-state index in [0.29, 0.717) is 12.0 Å². The largest absolute Gasteiger partial charge is 0.504 e. The Bertz CT molecular complexity index is 364. The predicted octanol–water partition coefficient (Wildman–Crippen LogP) is 0.442. The lowest BCUT2D eigenvalue weighted by Gasteiger charge is -2.08. The van der Waals surface area contributed by atoms with Gasteiger partial charge in [-0.1, -0.05) is 12.1 Å². The number of benzene rings is 1. The van der Waals surface area contributed by atoms with Gasteiger partial charge in [0.2, 0.25) is 0 Å². The van der Waals surface area contributed by atoms with Crippen LogP contribution in [0.3, 0.4) is 0 Å². The van der Waals surface area contributed by atoms with Crippen LogP contribution in [0.25, 0.3) is 0 Å².